The van der Waals surface area contributed by atoms with E-state index in [1.807, 2.05) is 0 Å². The third-order valence-corrected chi connectivity index (χ3v) is 15.8. The van der Waals surface area contributed by atoms with Crippen molar-refractivity contribution in [3.05, 3.63) is 0 Å². The number of hydrogen-bond acceptors (Lipinski definition) is 33. The molecule has 35 unspecified atom stereocenters. The van der Waals surface area contributed by atoms with Crippen molar-refractivity contribution in [2.24, 2.45) is 11.8 Å². The molecule has 0 aromatic rings. The largest absolute Gasteiger partial charge is 0.396 e. The maximum atomic E-state index is 11.5. The van der Waals surface area contributed by atoms with Gasteiger partial charge in [0.2, 0.25) is 0 Å². The predicted octanol–water partition coefficient (Wildman–Crippen LogP) is -13.9. The first-order valence-electron chi connectivity index (χ1n) is 25.3. The van der Waals surface area contributed by atoms with Crippen molar-refractivity contribution in [1.82, 2.24) is 0 Å². The number of aliphatic hydroxyl groups is 21. The van der Waals surface area contributed by atoms with Gasteiger partial charge in [-0.2, -0.15) is 0 Å². The minimum atomic E-state index is -2.19. The van der Waals surface area contributed by atoms with Crippen LogP contribution in [0.25, 0.3) is 0 Å². The Labute approximate surface area is 436 Å². The van der Waals surface area contributed by atoms with Crippen LogP contribution in [0.4, 0.5) is 0 Å². The third kappa shape index (κ3) is 12.1. The lowest BCUT2D eigenvalue weighted by Crippen LogP contribution is -2.68. The Kier molecular flexibility index (Phi) is 20.9. The number of rotatable bonds is 7. The summed E-state index contributed by atoms with van der Waals surface area (Å²) >= 11 is 0. The highest BCUT2D eigenvalue weighted by atomic mass is 16.8. The van der Waals surface area contributed by atoms with Crippen LogP contribution in [0, 0.1) is 11.8 Å². The summed E-state index contributed by atoms with van der Waals surface area (Å²) in [7, 11) is 0. The van der Waals surface area contributed by atoms with Crippen LogP contribution in [-0.4, -0.2) is 356 Å². The van der Waals surface area contributed by atoms with Crippen molar-refractivity contribution >= 4 is 0 Å². The second-order valence-corrected chi connectivity index (χ2v) is 20.6. The second kappa shape index (κ2) is 26.1. The van der Waals surface area contributed by atoms with E-state index < -0.39 is 260 Å². The van der Waals surface area contributed by atoms with E-state index in [0.717, 1.165) is 0 Å². The van der Waals surface area contributed by atoms with Crippen LogP contribution < -0.4 is 0 Å². The Morgan fingerprint density at radius 1 is 0.208 bits per heavy atom. The molecular weight excluding hydrogens is 1060 g/mol. The first kappa shape index (κ1) is 61.7. The standard InChI is InChI=1S/C44H74O33/c45-3-10-1-13-20(53)21(54)33(10)66-12-2-11(4-46)34(22(55)19(12)52)73-40-29(62)24(57)36(15(6-48)69-40)75-42-31(64)26(59)38(17(8-50)71-42)77-44-32(65)27(60)39(18(9-51)72-44)76-43-30(63)25(58)37(16(7-49)70-43)74-41-28(61)23(56)35(67-13)14(5-47)68-41/h10-65H,1-9H2. The maximum absolute atomic E-state index is 11.5. The summed E-state index contributed by atoms with van der Waals surface area (Å²) in [5.41, 5.74) is 0. The topological polar surface area (TPSA) is 536 Å². The molecule has 0 radical (unpaired) electrons. The molecule has 21 aliphatic rings. The third-order valence-electron chi connectivity index (χ3n) is 15.8. The summed E-state index contributed by atoms with van der Waals surface area (Å²) < 4.78 is 69.2. The fraction of sp³-hybridized carbons (Fsp3) is 1.00. The van der Waals surface area contributed by atoms with E-state index in [1.54, 1.807) is 0 Å². The van der Waals surface area contributed by atoms with Gasteiger partial charge in [0, 0.05) is 25.0 Å². The zero-order chi connectivity index (χ0) is 56.1. The molecule has 19 heterocycles. The van der Waals surface area contributed by atoms with E-state index in [2.05, 4.69) is 0 Å². The summed E-state index contributed by atoms with van der Waals surface area (Å²) in [6.45, 7) is -6.62. The zero-order valence-electron chi connectivity index (χ0n) is 40.9. The zero-order valence-corrected chi connectivity index (χ0v) is 40.9. The van der Waals surface area contributed by atoms with Gasteiger partial charge >= 0.3 is 0 Å². The molecule has 77 heavy (non-hydrogen) atoms. The molecule has 14 bridgehead atoms. The van der Waals surface area contributed by atoms with Crippen molar-refractivity contribution < 1.29 is 164 Å². The van der Waals surface area contributed by atoms with E-state index in [0.29, 0.717) is 0 Å². The van der Waals surface area contributed by atoms with Gasteiger partial charge in [-0.25, -0.2) is 0 Å². The summed E-state index contributed by atoms with van der Waals surface area (Å²) in [6, 6.07) is 0. The van der Waals surface area contributed by atoms with Crippen LogP contribution >= 0.6 is 0 Å². The first-order valence-corrected chi connectivity index (χ1v) is 25.3. The summed E-state index contributed by atoms with van der Waals surface area (Å²) in [4.78, 5) is 0. The lowest BCUT2D eigenvalue weighted by Gasteiger charge is -2.50. The Bertz CT molecular complexity index is 1470. The van der Waals surface area contributed by atoms with Crippen LogP contribution in [0.3, 0.4) is 0 Å². The van der Waals surface area contributed by atoms with E-state index in [4.69, 9.17) is 56.8 Å². The Morgan fingerprint density at radius 2 is 0.403 bits per heavy atom. The minimum absolute atomic E-state index is 0.372. The SMILES string of the molecule is OCC1CC2OC3C(CO)OC(OC4C(CO)OC(OC5C(CO)OC(OC6C(CO)OC(OC7C(CO)OC(OC8C(CO)CC(OC1C(O)C2O)C(O)C8O)C(O)C7O)C(O)C6O)C(O)C5O)C(O)C4O)C(O)C3O. The van der Waals surface area contributed by atoms with Crippen molar-refractivity contribution in [3.8, 4) is 0 Å². The fourth-order valence-corrected chi connectivity index (χ4v) is 11.4. The molecule has 0 amide bonds. The average molecular weight is 1130 g/mol. The van der Waals surface area contributed by atoms with Gasteiger partial charge in [0.15, 0.2) is 31.5 Å². The molecule has 2 saturated carbocycles. The molecule has 35 atom stereocenters. The van der Waals surface area contributed by atoms with Crippen LogP contribution in [0.5, 0.6) is 0 Å². The van der Waals surface area contributed by atoms with Crippen LogP contribution in [0.1, 0.15) is 12.8 Å². The quantitative estimate of drug-likeness (QED) is 0.113. The molecule has 0 spiro atoms. The van der Waals surface area contributed by atoms with Crippen molar-refractivity contribution in [2.45, 2.75) is 215 Å². The lowest BCUT2D eigenvalue weighted by molar-refractivity contribution is -0.395. The average Bonchev–Trinajstić information content (AvgIpc) is 3.47. The Morgan fingerprint density at radius 3 is 0.636 bits per heavy atom. The van der Waals surface area contributed by atoms with Gasteiger partial charge in [0.25, 0.3) is 0 Å². The normalized spacial score (nSPS) is 55.4. The molecule has 21 fully saturated rings. The summed E-state index contributed by atoms with van der Waals surface area (Å²) in [5.74, 6) is -2.34. The van der Waals surface area contributed by atoms with Crippen molar-refractivity contribution in [2.75, 3.05) is 46.2 Å². The van der Waals surface area contributed by atoms with E-state index in [9.17, 15) is 107 Å². The molecule has 33 nitrogen and oxygen atoms in total. The van der Waals surface area contributed by atoms with E-state index >= 15 is 0 Å². The smallest absolute Gasteiger partial charge is 0.187 e. The first-order chi connectivity index (χ1) is 36.7. The molecule has 0 aromatic heterocycles. The van der Waals surface area contributed by atoms with Gasteiger partial charge in [0.1, 0.15) is 146 Å². The molecule has 21 N–H and O–H groups in total. The number of aliphatic hydroxyl groups excluding tert-OH is 21. The van der Waals surface area contributed by atoms with Gasteiger partial charge < -0.3 is 164 Å². The Hall–Kier alpha value is -1.32. The number of hydrogen-bond donors (Lipinski definition) is 21. The fourth-order valence-electron chi connectivity index (χ4n) is 11.4. The van der Waals surface area contributed by atoms with Crippen LogP contribution in [-0.2, 0) is 56.8 Å². The molecular formula is C44H74O33. The minimum Gasteiger partial charge on any atom is -0.396 e. The van der Waals surface area contributed by atoms with Crippen molar-refractivity contribution in [3.63, 3.8) is 0 Å². The molecule has 33 heteroatoms. The van der Waals surface area contributed by atoms with E-state index in [1.165, 1.54) is 0 Å². The molecule has 0 aromatic carbocycles. The maximum Gasteiger partial charge on any atom is 0.187 e. The van der Waals surface area contributed by atoms with Gasteiger partial charge in [-0.3, -0.25) is 0 Å². The molecule has 448 valence electrons. The summed E-state index contributed by atoms with van der Waals surface area (Å²) in [5, 5.41) is 232. The highest BCUT2D eigenvalue weighted by molar-refractivity contribution is 5.03. The molecule has 2 aliphatic carbocycles. The van der Waals surface area contributed by atoms with Gasteiger partial charge in [-0.15, -0.1) is 0 Å². The highest BCUT2D eigenvalue weighted by Gasteiger charge is 2.59. The van der Waals surface area contributed by atoms with Crippen LogP contribution in [0.15, 0.2) is 0 Å². The van der Waals surface area contributed by atoms with Crippen molar-refractivity contribution in [1.29, 1.82) is 0 Å². The monoisotopic (exact) mass is 1130 g/mol. The van der Waals surface area contributed by atoms with Gasteiger partial charge in [-0.1, -0.05) is 0 Å². The Balaban J connectivity index is 1.08. The van der Waals surface area contributed by atoms with E-state index in [-0.39, 0.29) is 12.8 Å². The highest BCUT2D eigenvalue weighted by Crippen LogP contribution is 2.41. The lowest BCUT2D eigenvalue weighted by atomic mass is 9.78. The van der Waals surface area contributed by atoms with Crippen LogP contribution in [0.2, 0.25) is 0 Å². The summed E-state index contributed by atoms with van der Waals surface area (Å²) in [6.07, 6.45) is -63.7. The van der Waals surface area contributed by atoms with Gasteiger partial charge in [0.05, 0.1) is 57.5 Å². The molecule has 19 aliphatic heterocycles. The molecule has 19 saturated heterocycles. The number of ether oxygens (including phenoxy) is 12. The molecule has 21 rings (SSSR count). The van der Waals surface area contributed by atoms with Gasteiger partial charge in [-0.05, 0) is 12.8 Å². The predicted molar refractivity (Wildman–Crippen MR) is 235 cm³/mol. The second-order valence-electron chi connectivity index (χ2n) is 20.6.